The Hall–Kier alpha value is -1.71. The molecule has 2 aromatic carbocycles. The van der Waals surface area contributed by atoms with Gasteiger partial charge in [0.2, 0.25) is 0 Å². The maximum Gasteiger partial charge on any atom is 0.195 e. The van der Waals surface area contributed by atoms with Gasteiger partial charge in [-0.1, -0.05) is 23.7 Å². The van der Waals surface area contributed by atoms with Crippen molar-refractivity contribution in [1.82, 2.24) is 5.32 Å². The maximum atomic E-state index is 5.87. The first-order valence-electron chi connectivity index (χ1n) is 8.94. The summed E-state index contributed by atoms with van der Waals surface area (Å²) in [5, 5.41) is 7.20. The average Bonchev–Trinajstić information content (AvgIpc) is 2.93. The van der Waals surface area contributed by atoms with Crippen LogP contribution in [0.2, 0.25) is 5.02 Å². The van der Waals surface area contributed by atoms with Gasteiger partial charge in [0.25, 0.3) is 0 Å². The van der Waals surface area contributed by atoms with E-state index in [1.807, 2.05) is 42.5 Å². The van der Waals surface area contributed by atoms with Crippen molar-refractivity contribution in [3.63, 3.8) is 0 Å². The number of hydrogen-bond donors (Lipinski definition) is 2. The van der Waals surface area contributed by atoms with E-state index in [4.69, 9.17) is 25.8 Å². The maximum absolute atomic E-state index is 5.87. The molecule has 0 unspecified atom stereocenters. The van der Waals surface area contributed by atoms with Gasteiger partial charge >= 0.3 is 0 Å². The minimum Gasteiger partial charge on any atom is -0.490 e. The fraction of sp³-hybridized carbons (Fsp3) is 0.350. The second-order valence-electron chi connectivity index (χ2n) is 6.02. The molecule has 1 aliphatic heterocycles. The molecular weight excluding hydrogens is 493 g/mol. The third-order valence-electron chi connectivity index (χ3n) is 3.95. The van der Waals surface area contributed by atoms with E-state index in [0.717, 1.165) is 34.2 Å². The Bertz CT molecular complexity index is 772. The molecule has 0 saturated heterocycles. The van der Waals surface area contributed by atoms with E-state index in [1.165, 1.54) is 0 Å². The van der Waals surface area contributed by atoms with Crippen LogP contribution in [0.25, 0.3) is 0 Å². The normalized spacial score (nSPS) is 13.3. The molecule has 1 heterocycles. The molecule has 0 saturated carbocycles. The quantitative estimate of drug-likeness (QED) is 0.259. The van der Waals surface area contributed by atoms with Gasteiger partial charge in [-0.25, -0.2) is 0 Å². The molecule has 0 spiro atoms. The van der Waals surface area contributed by atoms with Crippen molar-refractivity contribution >= 4 is 47.2 Å². The van der Waals surface area contributed by atoms with Gasteiger partial charge in [0.05, 0.1) is 26.4 Å². The van der Waals surface area contributed by atoms with Gasteiger partial charge in [-0.2, -0.15) is 0 Å². The molecule has 0 aromatic heterocycles. The minimum atomic E-state index is 0. The first-order valence-corrected chi connectivity index (χ1v) is 9.32. The standard InChI is InChI=1S/C20H24ClN3O3.HI/c1-22-20(23-9-12-25-14-15-3-5-16(21)6-4-15)24-17-7-8-18-19(13-17)27-11-2-10-26-18;/h3-8,13H,2,9-12,14H2,1H3,(H2,22,23,24);1H. The van der Waals surface area contributed by atoms with Crippen LogP contribution in [0, 0.1) is 0 Å². The van der Waals surface area contributed by atoms with Crippen LogP contribution in [-0.4, -0.2) is 39.4 Å². The highest BCUT2D eigenvalue weighted by Gasteiger charge is 2.11. The Kier molecular flexibility index (Phi) is 9.66. The van der Waals surface area contributed by atoms with Crippen molar-refractivity contribution in [2.75, 3.05) is 38.7 Å². The summed E-state index contributed by atoms with van der Waals surface area (Å²) in [4.78, 5) is 4.23. The highest BCUT2D eigenvalue weighted by molar-refractivity contribution is 14.0. The second-order valence-corrected chi connectivity index (χ2v) is 6.45. The van der Waals surface area contributed by atoms with Crippen LogP contribution in [-0.2, 0) is 11.3 Å². The van der Waals surface area contributed by atoms with Gasteiger partial charge < -0.3 is 24.8 Å². The third-order valence-corrected chi connectivity index (χ3v) is 4.21. The minimum absolute atomic E-state index is 0. The number of fused-ring (bicyclic) bond motifs is 1. The van der Waals surface area contributed by atoms with Crippen LogP contribution >= 0.6 is 35.6 Å². The van der Waals surface area contributed by atoms with Crippen LogP contribution in [0.5, 0.6) is 11.5 Å². The van der Waals surface area contributed by atoms with Crippen LogP contribution in [0.15, 0.2) is 47.5 Å². The summed E-state index contributed by atoms with van der Waals surface area (Å²) in [6.07, 6.45) is 0.886. The molecule has 152 valence electrons. The fourth-order valence-corrected chi connectivity index (χ4v) is 2.70. The Morgan fingerprint density at radius 2 is 1.86 bits per heavy atom. The molecule has 0 atom stereocenters. The molecule has 0 bridgehead atoms. The van der Waals surface area contributed by atoms with Crippen LogP contribution in [0.4, 0.5) is 5.69 Å². The van der Waals surface area contributed by atoms with Crippen LogP contribution < -0.4 is 20.1 Å². The van der Waals surface area contributed by atoms with Crippen LogP contribution in [0.1, 0.15) is 12.0 Å². The lowest BCUT2D eigenvalue weighted by molar-refractivity contribution is 0.125. The number of anilines is 1. The summed E-state index contributed by atoms with van der Waals surface area (Å²) in [6.45, 7) is 3.09. The van der Waals surface area contributed by atoms with Gasteiger partial charge in [-0.15, -0.1) is 24.0 Å². The van der Waals surface area contributed by atoms with Crippen molar-refractivity contribution in [1.29, 1.82) is 0 Å². The largest absolute Gasteiger partial charge is 0.490 e. The number of rotatable bonds is 6. The summed E-state index contributed by atoms with van der Waals surface area (Å²) < 4.78 is 17.0. The number of benzene rings is 2. The Morgan fingerprint density at radius 1 is 1.11 bits per heavy atom. The summed E-state index contributed by atoms with van der Waals surface area (Å²) in [5.41, 5.74) is 1.98. The zero-order valence-corrected chi connectivity index (χ0v) is 18.8. The first-order chi connectivity index (χ1) is 13.2. The predicted molar refractivity (Wildman–Crippen MR) is 124 cm³/mol. The molecule has 2 aromatic rings. The summed E-state index contributed by atoms with van der Waals surface area (Å²) >= 11 is 5.87. The topological polar surface area (TPSA) is 64.1 Å². The predicted octanol–water partition coefficient (Wildman–Crippen LogP) is 4.32. The fourth-order valence-electron chi connectivity index (χ4n) is 2.57. The van der Waals surface area contributed by atoms with Gasteiger partial charge in [0, 0.05) is 36.8 Å². The smallest absolute Gasteiger partial charge is 0.195 e. The number of nitrogens with one attached hydrogen (secondary N) is 2. The molecule has 0 radical (unpaired) electrons. The van der Waals surface area contributed by atoms with E-state index in [2.05, 4.69) is 15.6 Å². The number of guanidine groups is 1. The van der Waals surface area contributed by atoms with Crippen molar-refractivity contribution in [3.05, 3.63) is 53.1 Å². The molecule has 1 aliphatic rings. The van der Waals surface area contributed by atoms with E-state index < -0.39 is 0 Å². The van der Waals surface area contributed by atoms with Gasteiger partial charge in [-0.05, 0) is 29.8 Å². The van der Waals surface area contributed by atoms with Crippen molar-refractivity contribution < 1.29 is 14.2 Å². The third kappa shape index (κ3) is 7.03. The highest BCUT2D eigenvalue weighted by Crippen LogP contribution is 2.32. The van der Waals surface area contributed by atoms with Gasteiger partial charge in [-0.3, -0.25) is 4.99 Å². The van der Waals surface area contributed by atoms with Crippen LogP contribution in [0.3, 0.4) is 0 Å². The van der Waals surface area contributed by atoms with E-state index in [1.54, 1.807) is 7.05 Å². The van der Waals surface area contributed by atoms with E-state index in [9.17, 15) is 0 Å². The Balaban J connectivity index is 0.00000280. The van der Waals surface area contributed by atoms with Gasteiger partial charge in [0.15, 0.2) is 17.5 Å². The van der Waals surface area contributed by atoms with Gasteiger partial charge in [0.1, 0.15) is 0 Å². The second kappa shape index (κ2) is 12.0. The van der Waals surface area contributed by atoms with E-state index in [0.29, 0.717) is 38.9 Å². The monoisotopic (exact) mass is 517 g/mol. The molecule has 3 rings (SSSR count). The summed E-state index contributed by atoms with van der Waals surface area (Å²) in [6, 6.07) is 13.4. The zero-order valence-electron chi connectivity index (χ0n) is 15.7. The molecule has 8 heteroatoms. The number of hydrogen-bond acceptors (Lipinski definition) is 4. The summed E-state index contributed by atoms with van der Waals surface area (Å²) in [5.74, 6) is 2.19. The lowest BCUT2D eigenvalue weighted by Gasteiger charge is -2.14. The number of nitrogens with zero attached hydrogens (tertiary/aromatic N) is 1. The van der Waals surface area contributed by atoms with E-state index >= 15 is 0 Å². The molecule has 6 nitrogen and oxygen atoms in total. The van der Waals surface area contributed by atoms with Crippen molar-refractivity contribution in [2.24, 2.45) is 4.99 Å². The Labute approximate surface area is 187 Å². The lowest BCUT2D eigenvalue weighted by atomic mass is 10.2. The first kappa shape index (κ1) is 22.6. The molecular formula is C20H25ClIN3O3. The summed E-state index contributed by atoms with van der Waals surface area (Å²) in [7, 11) is 1.73. The van der Waals surface area contributed by atoms with Crippen molar-refractivity contribution in [3.8, 4) is 11.5 Å². The average molecular weight is 518 g/mol. The molecule has 28 heavy (non-hydrogen) atoms. The van der Waals surface area contributed by atoms with E-state index in [-0.39, 0.29) is 24.0 Å². The van der Waals surface area contributed by atoms with Crippen molar-refractivity contribution in [2.45, 2.75) is 13.0 Å². The molecule has 0 amide bonds. The highest BCUT2D eigenvalue weighted by atomic mass is 127. The molecule has 2 N–H and O–H groups in total. The number of aliphatic imine (C=N–C) groups is 1. The number of halogens is 2. The zero-order chi connectivity index (χ0) is 18.9. The SMILES string of the molecule is CN=C(NCCOCc1ccc(Cl)cc1)Nc1ccc2c(c1)OCCCO2.I. The molecule has 0 fully saturated rings. The molecule has 0 aliphatic carbocycles. The number of ether oxygens (including phenoxy) is 3. The lowest BCUT2D eigenvalue weighted by Crippen LogP contribution is -2.33. The Morgan fingerprint density at radius 3 is 2.61 bits per heavy atom.